The van der Waals surface area contributed by atoms with E-state index in [4.69, 9.17) is 10.5 Å². The third kappa shape index (κ3) is 4.87. The fourth-order valence-electron chi connectivity index (χ4n) is 3.04. The molecule has 108 valence electrons. The Bertz CT molecular complexity index is 221. The molecule has 0 saturated heterocycles. The van der Waals surface area contributed by atoms with Gasteiger partial charge < -0.3 is 10.5 Å². The molecule has 0 spiro atoms. The van der Waals surface area contributed by atoms with Crippen molar-refractivity contribution in [2.24, 2.45) is 17.6 Å². The second-order valence-electron chi connectivity index (χ2n) is 6.09. The molecule has 0 aliphatic heterocycles. The van der Waals surface area contributed by atoms with E-state index in [0.717, 1.165) is 25.6 Å². The van der Waals surface area contributed by atoms with Crippen LogP contribution in [0.4, 0.5) is 0 Å². The van der Waals surface area contributed by atoms with E-state index >= 15 is 0 Å². The first-order valence-electron chi connectivity index (χ1n) is 7.57. The highest BCUT2D eigenvalue weighted by molar-refractivity contribution is 4.84. The Labute approximate surface area is 113 Å². The van der Waals surface area contributed by atoms with E-state index in [-0.39, 0.29) is 0 Å². The predicted molar refractivity (Wildman–Crippen MR) is 77.7 cm³/mol. The topological polar surface area (TPSA) is 38.5 Å². The minimum Gasteiger partial charge on any atom is -0.383 e. The van der Waals surface area contributed by atoms with Crippen LogP contribution in [0.5, 0.6) is 0 Å². The molecular formula is C15H32N2O. The molecule has 1 aliphatic carbocycles. The van der Waals surface area contributed by atoms with E-state index in [9.17, 15) is 0 Å². The van der Waals surface area contributed by atoms with Crippen LogP contribution in [0.3, 0.4) is 0 Å². The molecule has 1 aliphatic rings. The van der Waals surface area contributed by atoms with Gasteiger partial charge in [0.05, 0.1) is 6.61 Å². The van der Waals surface area contributed by atoms with Gasteiger partial charge in [0, 0.05) is 32.3 Å². The average molecular weight is 256 g/mol. The maximum absolute atomic E-state index is 6.32. The largest absolute Gasteiger partial charge is 0.383 e. The average Bonchev–Trinajstić information content (AvgIpc) is 2.36. The number of hydrogen-bond donors (Lipinski definition) is 1. The smallest absolute Gasteiger partial charge is 0.0589 e. The van der Waals surface area contributed by atoms with Crippen molar-refractivity contribution >= 4 is 0 Å². The van der Waals surface area contributed by atoms with E-state index in [1.54, 1.807) is 7.11 Å². The van der Waals surface area contributed by atoms with Gasteiger partial charge in [0.25, 0.3) is 0 Å². The van der Waals surface area contributed by atoms with Gasteiger partial charge in [-0.2, -0.15) is 0 Å². The molecule has 3 unspecified atom stereocenters. The second kappa shape index (κ2) is 8.13. The third-order valence-corrected chi connectivity index (χ3v) is 4.51. The van der Waals surface area contributed by atoms with Crippen molar-refractivity contribution in [2.75, 3.05) is 26.8 Å². The summed E-state index contributed by atoms with van der Waals surface area (Å²) >= 11 is 0. The molecular weight excluding hydrogens is 224 g/mol. The first-order valence-corrected chi connectivity index (χ1v) is 7.57. The summed E-state index contributed by atoms with van der Waals surface area (Å²) in [7, 11) is 1.78. The van der Waals surface area contributed by atoms with Gasteiger partial charge in [-0.1, -0.05) is 13.3 Å². The zero-order valence-electron chi connectivity index (χ0n) is 12.7. The van der Waals surface area contributed by atoms with Crippen LogP contribution in [-0.2, 0) is 4.74 Å². The van der Waals surface area contributed by atoms with E-state index in [0.29, 0.717) is 18.0 Å². The van der Waals surface area contributed by atoms with Crippen molar-refractivity contribution in [1.82, 2.24) is 4.90 Å². The van der Waals surface area contributed by atoms with Crippen molar-refractivity contribution in [3.05, 3.63) is 0 Å². The summed E-state index contributed by atoms with van der Waals surface area (Å²) in [6, 6.07) is 0.978. The van der Waals surface area contributed by atoms with Crippen LogP contribution in [0.2, 0.25) is 0 Å². The van der Waals surface area contributed by atoms with Gasteiger partial charge in [0.1, 0.15) is 0 Å². The van der Waals surface area contributed by atoms with Gasteiger partial charge in [-0.15, -0.1) is 0 Å². The van der Waals surface area contributed by atoms with Gasteiger partial charge in [-0.3, -0.25) is 4.90 Å². The lowest BCUT2D eigenvalue weighted by molar-refractivity contribution is 0.0946. The monoisotopic (exact) mass is 256 g/mol. The van der Waals surface area contributed by atoms with Crippen LogP contribution >= 0.6 is 0 Å². The Hall–Kier alpha value is -0.120. The van der Waals surface area contributed by atoms with Gasteiger partial charge in [0.2, 0.25) is 0 Å². The predicted octanol–water partition coefficient (Wildman–Crippen LogP) is 2.50. The maximum Gasteiger partial charge on any atom is 0.0589 e. The van der Waals surface area contributed by atoms with Crippen LogP contribution in [0.15, 0.2) is 0 Å². The number of nitrogens with zero attached hydrogens (tertiary/aromatic N) is 1. The van der Waals surface area contributed by atoms with Crippen molar-refractivity contribution in [3.8, 4) is 0 Å². The zero-order valence-corrected chi connectivity index (χ0v) is 12.7. The summed E-state index contributed by atoms with van der Waals surface area (Å²) in [5.74, 6) is 1.56. The summed E-state index contributed by atoms with van der Waals surface area (Å²) in [6.07, 6.45) is 5.16. The van der Waals surface area contributed by atoms with E-state index in [1.165, 1.54) is 25.7 Å². The number of rotatable bonds is 7. The fourth-order valence-corrected chi connectivity index (χ4v) is 3.04. The molecule has 0 radical (unpaired) electrons. The van der Waals surface area contributed by atoms with E-state index < -0.39 is 0 Å². The summed E-state index contributed by atoms with van der Waals surface area (Å²) in [4.78, 5) is 2.52. The molecule has 0 bridgehead atoms. The number of ether oxygens (including phenoxy) is 1. The molecule has 3 atom stereocenters. The number of hydrogen-bond acceptors (Lipinski definition) is 3. The first-order chi connectivity index (χ1) is 8.58. The number of methoxy groups -OCH3 is 1. The zero-order chi connectivity index (χ0) is 13.5. The quantitative estimate of drug-likeness (QED) is 0.760. The molecule has 18 heavy (non-hydrogen) atoms. The standard InChI is InChI=1S/C15H32N2O/c1-5-13-6-7-15(16)14(10-13)11-17(12(2)3)8-9-18-4/h12-15H,5-11,16H2,1-4H3. The Morgan fingerprint density at radius 1 is 1.33 bits per heavy atom. The van der Waals surface area contributed by atoms with Crippen LogP contribution in [-0.4, -0.2) is 43.8 Å². The van der Waals surface area contributed by atoms with Gasteiger partial charge in [-0.25, -0.2) is 0 Å². The Balaban J connectivity index is 2.49. The molecule has 0 amide bonds. The lowest BCUT2D eigenvalue weighted by atomic mass is 9.77. The maximum atomic E-state index is 6.32. The molecule has 1 saturated carbocycles. The fraction of sp³-hybridized carbons (Fsp3) is 1.00. The Kier molecular flexibility index (Phi) is 7.20. The highest BCUT2D eigenvalue weighted by Gasteiger charge is 2.29. The van der Waals surface area contributed by atoms with Crippen LogP contribution in [0.25, 0.3) is 0 Å². The van der Waals surface area contributed by atoms with Gasteiger partial charge in [0.15, 0.2) is 0 Å². The molecule has 3 nitrogen and oxygen atoms in total. The van der Waals surface area contributed by atoms with E-state index in [2.05, 4.69) is 25.7 Å². The molecule has 1 fully saturated rings. The summed E-state index contributed by atoms with van der Waals surface area (Å²) in [5.41, 5.74) is 6.32. The SMILES string of the molecule is CCC1CCC(N)C(CN(CCOC)C(C)C)C1. The first kappa shape index (κ1) is 15.9. The van der Waals surface area contributed by atoms with Crippen LogP contribution < -0.4 is 5.73 Å². The lowest BCUT2D eigenvalue weighted by Gasteiger charge is -2.38. The Morgan fingerprint density at radius 3 is 2.61 bits per heavy atom. The highest BCUT2D eigenvalue weighted by atomic mass is 16.5. The van der Waals surface area contributed by atoms with Crippen LogP contribution in [0.1, 0.15) is 46.5 Å². The highest BCUT2D eigenvalue weighted by Crippen LogP contribution is 2.31. The molecule has 0 aromatic heterocycles. The molecule has 0 aromatic rings. The van der Waals surface area contributed by atoms with Crippen molar-refractivity contribution in [1.29, 1.82) is 0 Å². The molecule has 3 heteroatoms. The molecule has 2 N–H and O–H groups in total. The minimum absolute atomic E-state index is 0.400. The summed E-state index contributed by atoms with van der Waals surface area (Å²) < 4.78 is 5.21. The molecule has 1 rings (SSSR count). The normalized spacial score (nSPS) is 29.2. The lowest BCUT2D eigenvalue weighted by Crippen LogP contribution is -2.46. The minimum atomic E-state index is 0.400. The number of nitrogens with two attached hydrogens (primary N) is 1. The van der Waals surface area contributed by atoms with Crippen molar-refractivity contribution < 1.29 is 4.74 Å². The summed E-state index contributed by atoms with van der Waals surface area (Å²) in [5, 5.41) is 0. The van der Waals surface area contributed by atoms with Crippen LogP contribution in [0, 0.1) is 11.8 Å². The van der Waals surface area contributed by atoms with Gasteiger partial charge in [-0.05, 0) is 44.9 Å². The van der Waals surface area contributed by atoms with E-state index in [1.807, 2.05) is 0 Å². The second-order valence-corrected chi connectivity index (χ2v) is 6.09. The third-order valence-electron chi connectivity index (χ3n) is 4.51. The Morgan fingerprint density at radius 2 is 2.06 bits per heavy atom. The summed E-state index contributed by atoms with van der Waals surface area (Å²) in [6.45, 7) is 9.82. The molecule has 0 heterocycles. The van der Waals surface area contributed by atoms with Crippen molar-refractivity contribution in [2.45, 2.75) is 58.5 Å². The van der Waals surface area contributed by atoms with Gasteiger partial charge >= 0.3 is 0 Å². The van der Waals surface area contributed by atoms with Crippen molar-refractivity contribution in [3.63, 3.8) is 0 Å². The molecule has 0 aromatic carbocycles.